The molecule has 1 aliphatic rings. The zero-order valence-electron chi connectivity index (χ0n) is 13.6. The molecule has 0 atom stereocenters. The average molecular weight is 357 g/mol. The Kier molecular flexibility index (Phi) is 5.19. The molecule has 0 N–H and O–H groups in total. The second kappa shape index (κ2) is 7.53. The van der Waals surface area contributed by atoms with Crippen molar-refractivity contribution in [1.29, 1.82) is 0 Å². The number of imide groups is 1. The van der Waals surface area contributed by atoms with Gasteiger partial charge < -0.3 is 4.74 Å². The SMILES string of the molecule is Cc1cccc(OCCN2C(=O)S/C(=C\c3cccc(F)c3)C2=O)c1. The molecule has 2 aromatic carbocycles. The van der Waals surface area contributed by atoms with Gasteiger partial charge in [0.25, 0.3) is 11.1 Å². The maximum atomic E-state index is 13.2. The molecule has 0 unspecified atom stereocenters. The molecule has 0 aromatic heterocycles. The fourth-order valence-electron chi connectivity index (χ4n) is 2.40. The molecule has 0 spiro atoms. The van der Waals surface area contributed by atoms with Gasteiger partial charge in [-0.1, -0.05) is 24.3 Å². The Bertz CT molecular complexity index is 850. The van der Waals surface area contributed by atoms with Crippen LogP contribution in [0, 0.1) is 12.7 Å². The summed E-state index contributed by atoms with van der Waals surface area (Å²) in [6.07, 6.45) is 1.52. The number of aryl methyl sites for hydroxylation is 1. The van der Waals surface area contributed by atoms with Crippen LogP contribution >= 0.6 is 11.8 Å². The largest absolute Gasteiger partial charge is 0.492 e. The Balaban J connectivity index is 1.63. The summed E-state index contributed by atoms with van der Waals surface area (Å²) in [6, 6.07) is 13.4. The Morgan fingerprint density at radius 3 is 2.72 bits per heavy atom. The van der Waals surface area contributed by atoms with Crippen LogP contribution in [0.25, 0.3) is 6.08 Å². The first-order valence-electron chi connectivity index (χ1n) is 7.73. The molecule has 6 heteroatoms. The second-order valence-electron chi connectivity index (χ2n) is 5.55. The van der Waals surface area contributed by atoms with Crippen LogP contribution in [0.15, 0.2) is 53.4 Å². The van der Waals surface area contributed by atoms with Crippen molar-refractivity contribution in [1.82, 2.24) is 4.90 Å². The number of carbonyl (C=O) groups is 2. The molecule has 0 radical (unpaired) electrons. The van der Waals surface area contributed by atoms with Crippen molar-refractivity contribution < 1.29 is 18.7 Å². The van der Waals surface area contributed by atoms with Gasteiger partial charge in [0.15, 0.2) is 0 Å². The fraction of sp³-hybridized carbons (Fsp3) is 0.158. The summed E-state index contributed by atoms with van der Waals surface area (Å²) in [5.74, 6) is -0.0751. The number of thioether (sulfide) groups is 1. The topological polar surface area (TPSA) is 46.6 Å². The van der Waals surface area contributed by atoms with E-state index in [2.05, 4.69) is 0 Å². The number of benzene rings is 2. The molecule has 0 saturated carbocycles. The monoisotopic (exact) mass is 357 g/mol. The van der Waals surface area contributed by atoms with E-state index in [1.165, 1.54) is 18.2 Å². The fourth-order valence-corrected chi connectivity index (χ4v) is 3.27. The third-order valence-electron chi connectivity index (χ3n) is 3.59. The van der Waals surface area contributed by atoms with Gasteiger partial charge in [-0.3, -0.25) is 14.5 Å². The van der Waals surface area contributed by atoms with Gasteiger partial charge in [0.2, 0.25) is 0 Å². The van der Waals surface area contributed by atoms with Crippen LogP contribution in [0.5, 0.6) is 5.75 Å². The van der Waals surface area contributed by atoms with E-state index >= 15 is 0 Å². The van der Waals surface area contributed by atoms with Gasteiger partial charge in [0.05, 0.1) is 11.4 Å². The summed E-state index contributed by atoms with van der Waals surface area (Å²) < 4.78 is 18.8. The molecule has 2 aromatic rings. The van der Waals surface area contributed by atoms with Crippen LogP contribution in [0.1, 0.15) is 11.1 Å². The van der Waals surface area contributed by atoms with Crippen LogP contribution in [-0.4, -0.2) is 29.2 Å². The van der Waals surface area contributed by atoms with Crippen molar-refractivity contribution in [3.63, 3.8) is 0 Å². The van der Waals surface area contributed by atoms with Crippen molar-refractivity contribution >= 4 is 29.0 Å². The number of halogens is 1. The molecule has 4 nitrogen and oxygen atoms in total. The number of nitrogens with zero attached hydrogens (tertiary/aromatic N) is 1. The second-order valence-corrected chi connectivity index (χ2v) is 6.55. The predicted molar refractivity (Wildman–Crippen MR) is 95.8 cm³/mol. The smallest absolute Gasteiger partial charge is 0.293 e. The standard InChI is InChI=1S/C19H16FNO3S/c1-13-4-2-7-16(10-13)24-9-8-21-18(22)17(25-19(21)23)12-14-5-3-6-15(20)11-14/h2-7,10-12H,8-9H2,1H3/b17-12-. The minimum Gasteiger partial charge on any atom is -0.492 e. The Morgan fingerprint density at radius 1 is 1.16 bits per heavy atom. The van der Waals surface area contributed by atoms with Crippen molar-refractivity contribution in [3.05, 3.63) is 70.4 Å². The van der Waals surface area contributed by atoms with Gasteiger partial charge in [-0.2, -0.15) is 0 Å². The van der Waals surface area contributed by atoms with E-state index in [1.54, 1.807) is 12.1 Å². The lowest BCUT2D eigenvalue weighted by atomic mass is 10.2. The highest BCUT2D eigenvalue weighted by Crippen LogP contribution is 2.32. The third-order valence-corrected chi connectivity index (χ3v) is 4.50. The van der Waals surface area contributed by atoms with Crippen molar-refractivity contribution in [2.45, 2.75) is 6.92 Å². The normalized spacial score (nSPS) is 15.9. The van der Waals surface area contributed by atoms with E-state index in [0.29, 0.717) is 11.3 Å². The molecular formula is C19H16FNO3S. The molecule has 128 valence electrons. The molecule has 1 aliphatic heterocycles. The molecule has 1 saturated heterocycles. The van der Waals surface area contributed by atoms with E-state index in [0.717, 1.165) is 22.2 Å². The summed E-state index contributed by atoms with van der Waals surface area (Å²) in [4.78, 5) is 25.8. The number of rotatable bonds is 5. The molecule has 1 heterocycles. The summed E-state index contributed by atoms with van der Waals surface area (Å²) in [7, 11) is 0. The molecule has 2 amide bonds. The van der Waals surface area contributed by atoms with Gasteiger partial charge in [-0.25, -0.2) is 4.39 Å². The molecule has 25 heavy (non-hydrogen) atoms. The zero-order valence-corrected chi connectivity index (χ0v) is 14.4. The van der Waals surface area contributed by atoms with Crippen molar-refractivity contribution in [2.75, 3.05) is 13.2 Å². The van der Waals surface area contributed by atoms with Crippen LogP contribution in [0.4, 0.5) is 9.18 Å². The lowest BCUT2D eigenvalue weighted by molar-refractivity contribution is -0.123. The minimum atomic E-state index is -0.389. The molecule has 1 fully saturated rings. The maximum absolute atomic E-state index is 13.2. The van der Waals surface area contributed by atoms with Crippen LogP contribution in [0.2, 0.25) is 0 Å². The van der Waals surface area contributed by atoms with E-state index in [1.807, 2.05) is 31.2 Å². The molecular weight excluding hydrogens is 341 g/mol. The Labute approximate surface area is 149 Å². The molecule has 0 bridgehead atoms. The first-order valence-corrected chi connectivity index (χ1v) is 8.55. The van der Waals surface area contributed by atoms with Gasteiger partial charge in [0, 0.05) is 0 Å². The summed E-state index contributed by atoms with van der Waals surface area (Å²) >= 11 is 0.852. The lowest BCUT2D eigenvalue weighted by Gasteiger charge is -2.13. The number of hydrogen-bond donors (Lipinski definition) is 0. The van der Waals surface area contributed by atoms with E-state index < -0.39 is 0 Å². The summed E-state index contributed by atoms with van der Waals surface area (Å²) in [6.45, 7) is 2.34. The number of amides is 2. The van der Waals surface area contributed by atoms with Crippen LogP contribution < -0.4 is 4.74 Å². The van der Waals surface area contributed by atoms with E-state index in [9.17, 15) is 14.0 Å². The first-order chi connectivity index (χ1) is 12.0. The molecule has 0 aliphatic carbocycles. The van der Waals surface area contributed by atoms with Crippen LogP contribution in [0.3, 0.4) is 0 Å². The predicted octanol–water partition coefficient (Wildman–Crippen LogP) is 4.25. The highest BCUT2D eigenvalue weighted by molar-refractivity contribution is 8.18. The Morgan fingerprint density at radius 2 is 1.96 bits per heavy atom. The lowest BCUT2D eigenvalue weighted by Crippen LogP contribution is -2.32. The first kappa shape index (κ1) is 17.2. The van der Waals surface area contributed by atoms with Crippen LogP contribution in [-0.2, 0) is 4.79 Å². The van der Waals surface area contributed by atoms with Gasteiger partial charge in [0.1, 0.15) is 18.2 Å². The average Bonchev–Trinajstić information content (AvgIpc) is 2.82. The zero-order chi connectivity index (χ0) is 17.8. The number of ether oxygens (including phenoxy) is 1. The van der Waals surface area contributed by atoms with Crippen molar-refractivity contribution in [2.24, 2.45) is 0 Å². The van der Waals surface area contributed by atoms with E-state index in [4.69, 9.17) is 4.74 Å². The van der Waals surface area contributed by atoms with Gasteiger partial charge in [-0.05, 0) is 60.2 Å². The quantitative estimate of drug-likeness (QED) is 0.751. The number of carbonyl (C=O) groups excluding carboxylic acids is 2. The van der Waals surface area contributed by atoms with Crippen molar-refractivity contribution in [3.8, 4) is 5.75 Å². The highest BCUT2D eigenvalue weighted by atomic mass is 32.2. The molecule has 3 rings (SSSR count). The van der Waals surface area contributed by atoms with Gasteiger partial charge >= 0.3 is 0 Å². The summed E-state index contributed by atoms with van der Waals surface area (Å²) in [5.41, 5.74) is 1.61. The number of hydrogen-bond acceptors (Lipinski definition) is 4. The third kappa shape index (κ3) is 4.28. The maximum Gasteiger partial charge on any atom is 0.293 e. The van der Waals surface area contributed by atoms with Gasteiger partial charge in [-0.15, -0.1) is 0 Å². The minimum absolute atomic E-state index is 0.166. The van der Waals surface area contributed by atoms with E-state index in [-0.39, 0.29) is 35.0 Å². The summed E-state index contributed by atoms with van der Waals surface area (Å²) in [5, 5.41) is -0.347. The highest BCUT2D eigenvalue weighted by Gasteiger charge is 2.34. The Hall–Kier alpha value is -2.60.